The molecule has 8 heteroatoms. The lowest BCUT2D eigenvalue weighted by Gasteiger charge is -2.04. The van der Waals surface area contributed by atoms with Gasteiger partial charge < -0.3 is 0 Å². The number of aryl methyl sites for hydroxylation is 1. The Balaban J connectivity index is 2.08. The van der Waals surface area contributed by atoms with E-state index < -0.39 is 10.0 Å². The van der Waals surface area contributed by atoms with E-state index in [9.17, 15) is 8.42 Å². The Bertz CT molecular complexity index is 730. The van der Waals surface area contributed by atoms with Gasteiger partial charge in [-0.05, 0) is 18.6 Å². The van der Waals surface area contributed by atoms with E-state index in [1.165, 1.54) is 29.7 Å². The van der Waals surface area contributed by atoms with E-state index in [1.54, 1.807) is 6.20 Å². The second-order valence-electron chi connectivity index (χ2n) is 3.89. The Kier molecular flexibility index (Phi) is 4.44. The molecule has 0 aliphatic carbocycles. The van der Waals surface area contributed by atoms with E-state index in [0.717, 1.165) is 11.3 Å². The van der Waals surface area contributed by atoms with E-state index in [4.69, 9.17) is 5.26 Å². The van der Waals surface area contributed by atoms with Gasteiger partial charge in [0.25, 0.3) is 0 Å². The molecule has 1 N–H and O–H groups in total. The fraction of sp³-hybridized carbons (Fsp3) is 0.250. The summed E-state index contributed by atoms with van der Waals surface area (Å²) >= 11 is 1.48. The summed E-state index contributed by atoms with van der Waals surface area (Å²) in [6.45, 7) is 2.16. The van der Waals surface area contributed by atoms with Crippen LogP contribution in [0.3, 0.4) is 0 Å². The van der Waals surface area contributed by atoms with Crippen LogP contribution < -0.4 is 4.72 Å². The Morgan fingerprint density at radius 3 is 2.70 bits per heavy atom. The minimum Gasteiger partial charge on any atom is -0.248 e. The lowest BCUT2D eigenvalue weighted by Crippen LogP contribution is -2.23. The number of hydrogen-bond acceptors (Lipinski definition) is 6. The van der Waals surface area contributed by atoms with E-state index in [-0.39, 0.29) is 17.1 Å². The minimum atomic E-state index is -3.64. The average Bonchev–Trinajstić information content (AvgIpc) is 2.93. The zero-order valence-corrected chi connectivity index (χ0v) is 12.3. The minimum absolute atomic E-state index is 0.0313. The number of thiazole rings is 1. The predicted molar refractivity (Wildman–Crippen MR) is 74.5 cm³/mol. The van der Waals surface area contributed by atoms with Crippen molar-refractivity contribution in [3.63, 3.8) is 0 Å². The molecule has 0 fully saturated rings. The standard InChI is InChI=1S/C12H12N4O2S2/c1-2-10-6-15-12(19-10)8-16-20(17,18)11-4-3-9(5-13)14-7-11/h3-4,6-7,16H,2,8H2,1H3. The maximum Gasteiger partial charge on any atom is 0.242 e. The highest BCUT2D eigenvalue weighted by Crippen LogP contribution is 2.14. The van der Waals surface area contributed by atoms with Crippen LogP contribution in [0, 0.1) is 11.3 Å². The van der Waals surface area contributed by atoms with Crippen LogP contribution in [-0.2, 0) is 23.0 Å². The van der Waals surface area contributed by atoms with Crippen molar-refractivity contribution in [2.45, 2.75) is 24.8 Å². The van der Waals surface area contributed by atoms with Crippen LogP contribution in [0.5, 0.6) is 0 Å². The molecule has 0 aromatic carbocycles. The van der Waals surface area contributed by atoms with E-state index in [2.05, 4.69) is 14.7 Å². The van der Waals surface area contributed by atoms with Crippen molar-refractivity contribution in [3.8, 4) is 6.07 Å². The Morgan fingerprint density at radius 1 is 1.35 bits per heavy atom. The zero-order valence-electron chi connectivity index (χ0n) is 10.7. The molecule has 0 amide bonds. The van der Waals surface area contributed by atoms with Gasteiger partial charge in [-0.15, -0.1) is 11.3 Å². The number of sulfonamides is 1. The highest BCUT2D eigenvalue weighted by Gasteiger charge is 2.15. The first-order valence-corrected chi connectivity index (χ1v) is 8.14. The van der Waals surface area contributed by atoms with Crippen LogP contribution in [0.1, 0.15) is 22.5 Å². The lowest BCUT2D eigenvalue weighted by molar-refractivity contribution is 0.580. The summed E-state index contributed by atoms with van der Waals surface area (Å²) in [4.78, 5) is 9.03. The molecule has 2 heterocycles. The Hall–Kier alpha value is -1.82. The summed E-state index contributed by atoms with van der Waals surface area (Å²) in [6.07, 6.45) is 3.79. The van der Waals surface area contributed by atoms with Gasteiger partial charge in [0.05, 0.1) is 6.54 Å². The summed E-state index contributed by atoms with van der Waals surface area (Å²) in [5, 5.41) is 9.34. The van der Waals surface area contributed by atoms with Crippen molar-refractivity contribution < 1.29 is 8.42 Å². The molecule has 0 radical (unpaired) electrons. The van der Waals surface area contributed by atoms with Crippen LogP contribution in [0.25, 0.3) is 0 Å². The highest BCUT2D eigenvalue weighted by atomic mass is 32.2. The van der Waals surface area contributed by atoms with Gasteiger partial charge in [0, 0.05) is 17.3 Å². The number of hydrogen-bond donors (Lipinski definition) is 1. The first-order valence-electron chi connectivity index (χ1n) is 5.84. The molecule has 0 aliphatic heterocycles. The zero-order chi connectivity index (χ0) is 14.6. The van der Waals surface area contributed by atoms with Crippen molar-refractivity contribution in [1.29, 1.82) is 5.26 Å². The van der Waals surface area contributed by atoms with Crippen molar-refractivity contribution in [1.82, 2.24) is 14.7 Å². The molecular formula is C12H12N4O2S2. The van der Waals surface area contributed by atoms with Crippen LogP contribution in [-0.4, -0.2) is 18.4 Å². The van der Waals surface area contributed by atoms with Crippen LogP contribution >= 0.6 is 11.3 Å². The molecule has 0 saturated carbocycles. The monoisotopic (exact) mass is 308 g/mol. The van der Waals surface area contributed by atoms with Crippen molar-refractivity contribution >= 4 is 21.4 Å². The molecule has 20 heavy (non-hydrogen) atoms. The molecule has 0 atom stereocenters. The smallest absolute Gasteiger partial charge is 0.242 e. The van der Waals surface area contributed by atoms with E-state index in [0.29, 0.717) is 5.01 Å². The SMILES string of the molecule is CCc1cnc(CNS(=O)(=O)c2ccc(C#N)nc2)s1. The number of nitriles is 1. The first-order chi connectivity index (χ1) is 9.55. The normalized spacial score (nSPS) is 11.2. The third-order valence-electron chi connectivity index (χ3n) is 2.52. The summed E-state index contributed by atoms with van der Waals surface area (Å²) in [5.41, 5.74) is 0.177. The van der Waals surface area contributed by atoms with Crippen molar-refractivity contribution in [2.24, 2.45) is 0 Å². The summed E-state index contributed by atoms with van der Waals surface area (Å²) in [5.74, 6) is 0. The number of rotatable bonds is 5. The van der Waals surface area contributed by atoms with Gasteiger partial charge in [-0.1, -0.05) is 6.92 Å². The topological polar surface area (TPSA) is 95.7 Å². The number of aromatic nitrogens is 2. The molecule has 2 aromatic heterocycles. The maximum absolute atomic E-state index is 12.0. The molecule has 6 nitrogen and oxygen atoms in total. The summed E-state index contributed by atoms with van der Waals surface area (Å²) in [6, 6.07) is 4.56. The third kappa shape index (κ3) is 3.39. The number of nitrogens with zero attached hydrogens (tertiary/aromatic N) is 3. The van der Waals surface area contributed by atoms with E-state index in [1.807, 2.05) is 13.0 Å². The number of pyridine rings is 1. The largest absolute Gasteiger partial charge is 0.248 e. The molecular weight excluding hydrogens is 296 g/mol. The van der Waals surface area contributed by atoms with Gasteiger partial charge in [0.1, 0.15) is 21.7 Å². The molecule has 0 spiro atoms. The molecule has 0 unspecified atom stereocenters. The van der Waals surface area contributed by atoms with Gasteiger partial charge in [-0.25, -0.2) is 23.1 Å². The molecule has 2 rings (SSSR count). The summed E-state index contributed by atoms with van der Waals surface area (Å²) < 4.78 is 26.5. The molecule has 0 saturated heterocycles. The van der Waals surface area contributed by atoms with Gasteiger partial charge >= 0.3 is 0 Å². The maximum atomic E-state index is 12.0. The molecule has 0 bridgehead atoms. The summed E-state index contributed by atoms with van der Waals surface area (Å²) in [7, 11) is -3.64. The first kappa shape index (κ1) is 14.6. The van der Waals surface area contributed by atoms with Gasteiger partial charge in [-0.2, -0.15) is 5.26 Å². The van der Waals surface area contributed by atoms with Gasteiger partial charge in [-0.3, -0.25) is 0 Å². The van der Waals surface area contributed by atoms with Crippen molar-refractivity contribution in [2.75, 3.05) is 0 Å². The quantitative estimate of drug-likeness (QED) is 0.902. The van der Waals surface area contributed by atoms with Crippen LogP contribution in [0.15, 0.2) is 29.4 Å². The molecule has 104 valence electrons. The second kappa shape index (κ2) is 6.09. The Labute approximate surface area is 121 Å². The molecule has 2 aromatic rings. The highest BCUT2D eigenvalue weighted by molar-refractivity contribution is 7.89. The van der Waals surface area contributed by atoms with Crippen molar-refractivity contribution in [3.05, 3.63) is 40.1 Å². The second-order valence-corrected chi connectivity index (χ2v) is 6.86. The van der Waals surface area contributed by atoms with Crippen LogP contribution in [0.2, 0.25) is 0 Å². The van der Waals surface area contributed by atoms with Gasteiger partial charge in [0.15, 0.2) is 0 Å². The van der Waals surface area contributed by atoms with E-state index >= 15 is 0 Å². The Morgan fingerprint density at radius 2 is 2.15 bits per heavy atom. The predicted octanol–water partition coefficient (Wildman–Crippen LogP) is 1.45. The van der Waals surface area contributed by atoms with Gasteiger partial charge in [0.2, 0.25) is 10.0 Å². The fourth-order valence-electron chi connectivity index (χ4n) is 1.44. The number of nitrogens with one attached hydrogen (secondary N) is 1. The average molecular weight is 308 g/mol. The third-order valence-corrected chi connectivity index (χ3v) is 5.05. The fourth-order valence-corrected chi connectivity index (χ4v) is 3.26. The van der Waals surface area contributed by atoms with Crippen LogP contribution in [0.4, 0.5) is 0 Å². The molecule has 0 aliphatic rings. The lowest BCUT2D eigenvalue weighted by atomic mass is 10.4.